The van der Waals surface area contributed by atoms with Gasteiger partial charge in [0.25, 0.3) is 0 Å². The van der Waals surface area contributed by atoms with Crippen molar-refractivity contribution in [2.45, 2.75) is 33.5 Å². The molecule has 0 spiro atoms. The minimum absolute atomic E-state index is 0.0821. The van der Waals surface area contributed by atoms with Crippen molar-refractivity contribution < 1.29 is 19.1 Å². The quantitative estimate of drug-likeness (QED) is 0.843. The van der Waals surface area contributed by atoms with E-state index in [-0.39, 0.29) is 6.61 Å². The summed E-state index contributed by atoms with van der Waals surface area (Å²) < 4.78 is 16.2. The normalized spacial score (nSPS) is 10.6. The first-order valence-corrected chi connectivity index (χ1v) is 6.64. The molecule has 1 aromatic carbocycles. The molecule has 0 aliphatic rings. The number of aryl methyl sites for hydroxylation is 1. The third kappa shape index (κ3) is 3.74. The van der Waals surface area contributed by atoms with Crippen LogP contribution in [0.1, 0.15) is 30.4 Å². The molecule has 108 valence electrons. The van der Waals surface area contributed by atoms with E-state index >= 15 is 0 Å². The van der Waals surface area contributed by atoms with Gasteiger partial charge >= 0.3 is 0 Å². The summed E-state index contributed by atoms with van der Waals surface area (Å²) in [4.78, 5) is 0. The molecule has 2 aromatic rings. The van der Waals surface area contributed by atoms with Crippen LogP contribution in [0.2, 0.25) is 0 Å². The van der Waals surface area contributed by atoms with Gasteiger partial charge in [-0.05, 0) is 25.5 Å². The van der Waals surface area contributed by atoms with Crippen LogP contribution in [0.25, 0.3) is 0 Å². The van der Waals surface area contributed by atoms with Crippen LogP contribution < -0.4 is 9.47 Å². The monoisotopic (exact) mass is 277 g/mol. The topological polar surface area (TPSA) is 64.7 Å². The molecule has 0 aliphatic heterocycles. The lowest BCUT2D eigenvalue weighted by molar-refractivity contribution is 0.251. The molecular weight excluding hydrogens is 258 g/mol. The first-order valence-electron chi connectivity index (χ1n) is 6.64. The maximum Gasteiger partial charge on any atom is 0.134 e. The smallest absolute Gasteiger partial charge is 0.134 e. The van der Waals surface area contributed by atoms with Crippen LogP contribution in [0.5, 0.6) is 11.5 Å². The molecule has 0 fully saturated rings. The maximum absolute atomic E-state index is 9.33. The van der Waals surface area contributed by atoms with Gasteiger partial charge in [0.15, 0.2) is 0 Å². The highest BCUT2D eigenvalue weighted by atomic mass is 16.5. The zero-order chi connectivity index (χ0) is 14.4. The lowest BCUT2D eigenvalue weighted by Gasteiger charge is -2.11. The van der Waals surface area contributed by atoms with Crippen molar-refractivity contribution in [1.82, 2.24) is 5.16 Å². The van der Waals surface area contributed by atoms with E-state index in [1.165, 1.54) is 0 Å². The molecule has 0 amide bonds. The predicted molar refractivity (Wildman–Crippen MR) is 73.7 cm³/mol. The van der Waals surface area contributed by atoms with Gasteiger partial charge in [-0.1, -0.05) is 12.1 Å². The van der Waals surface area contributed by atoms with Crippen LogP contribution in [0.15, 0.2) is 28.8 Å². The highest BCUT2D eigenvalue weighted by Gasteiger charge is 2.08. The number of rotatable bonds is 7. The van der Waals surface area contributed by atoms with Crippen molar-refractivity contribution >= 4 is 0 Å². The Morgan fingerprint density at radius 3 is 2.75 bits per heavy atom. The Hall–Kier alpha value is -2.01. The fourth-order valence-corrected chi connectivity index (χ4v) is 1.75. The van der Waals surface area contributed by atoms with Crippen molar-refractivity contribution in [3.8, 4) is 11.5 Å². The van der Waals surface area contributed by atoms with Gasteiger partial charge in [-0.25, -0.2) is 0 Å². The van der Waals surface area contributed by atoms with Gasteiger partial charge in [0, 0.05) is 17.7 Å². The summed E-state index contributed by atoms with van der Waals surface area (Å²) in [5.74, 6) is 2.07. The summed E-state index contributed by atoms with van der Waals surface area (Å²) in [6.07, 6.45) is 0.941. The lowest BCUT2D eigenvalue weighted by atomic mass is 10.2. The van der Waals surface area contributed by atoms with E-state index in [0.29, 0.717) is 30.2 Å². The minimum atomic E-state index is -0.0821. The van der Waals surface area contributed by atoms with Crippen LogP contribution in [-0.2, 0) is 13.2 Å². The number of aromatic nitrogens is 1. The molecule has 20 heavy (non-hydrogen) atoms. The van der Waals surface area contributed by atoms with Crippen LogP contribution in [0.4, 0.5) is 0 Å². The Balaban J connectivity index is 2.07. The summed E-state index contributed by atoms with van der Waals surface area (Å²) in [5, 5.41) is 13.2. The second-order valence-electron chi connectivity index (χ2n) is 4.49. The third-order valence-electron chi connectivity index (χ3n) is 2.73. The van der Waals surface area contributed by atoms with E-state index in [1.807, 2.05) is 26.0 Å². The molecule has 0 bridgehead atoms. The van der Waals surface area contributed by atoms with Crippen molar-refractivity contribution in [2.75, 3.05) is 6.61 Å². The summed E-state index contributed by atoms with van der Waals surface area (Å²) in [6, 6.07) is 7.23. The first-order chi connectivity index (χ1) is 9.72. The summed E-state index contributed by atoms with van der Waals surface area (Å²) >= 11 is 0. The second kappa shape index (κ2) is 6.96. The fourth-order valence-electron chi connectivity index (χ4n) is 1.75. The maximum atomic E-state index is 9.33. The molecule has 0 aliphatic carbocycles. The predicted octanol–water partition coefficient (Wildman–Crippen LogP) is 2.84. The molecule has 0 saturated carbocycles. The molecule has 0 saturated heterocycles. The minimum Gasteiger partial charge on any atom is -0.493 e. The molecule has 5 nitrogen and oxygen atoms in total. The number of benzene rings is 1. The van der Waals surface area contributed by atoms with Crippen LogP contribution in [0.3, 0.4) is 0 Å². The molecule has 5 heteroatoms. The zero-order valence-electron chi connectivity index (χ0n) is 11.8. The number of nitrogens with zero attached hydrogens (tertiary/aromatic N) is 1. The van der Waals surface area contributed by atoms with Crippen molar-refractivity contribution in [2.24, 2.45) is 0 Å². The van der Waals surface area contributed by atoms with E-state index in [0.717, 1.165) is 17.9 Å². The van der Waals surface area contributed by atoms with E-state index in [2.05, 4.69) is 5.16 Å². The van der Waals surface area contributed by atoms with Gasteiger partial charge in [0.2, 0.25) is 0 Å². The Kier molecular flexibility index (Phi) is 5.01. The van der Waals surface area contributed by atoms with E-state index in [1.54, 1.807) is 12.1 Å². The molecule has 1 N–H and O–H groups in total. The van der Waals surface area contributed by atoms with E-state index in [9.17, 15) is 5.11 Å². The number of hydrogen-bond acceptors (Lipinski definition) is 5. The van der Waals surface area contributed by atoms with E-state index < -0.39 is 0 Å². The van der Waals surface area contributed by atoms with Gasteiger partial charge in [-0.2, -0.15) is 0 Å². The fraction of sp³-hybridized carbons (Fsp3) is 0.400. The van der Waals surface area contributed by atoms with Gasteiger partial charge in [0.1, 0.15) is 29.6 Å². The molecule has 2 rings (SSSR count). The molecule has 0 unspecified atom stereocenters. The Morgan fingerprint density at radius 2 is 2.10 bits per heavy atom. The van der Waals surface area contributed by atoms with Crippen LogP contribution >= 0.6 is 0 Å². The summed E-state index contributed by atoms with van der Waals surface area (Å²) in [5.41, 5.74) is 1.43. The number of ether oxygens (including phenoxy) is 2. The van der Waals surface area contributed by atoms with Crippen molar-refractivity contribution in [3.63, 3.8) is 0 Å². The van der Waals surface area contributed by atoms with Crippen LogP contribution in [-0.4, -0.2) is 16.9 Å². The second-order valence-corrected chi connectivity index (χ2v) is 4.49. The third-order valence-corrected chi connectivity index (χ3v) is 2.73. The Labute approximate surface area is 118 Å². The van der Waals surface area contributed by atoms with Gasteiger partial charge in [0.05, 0.1) is 13.2 Å². The zero-order valence-corrected chi connectivity index (χ0v) is 11.8. The standard InChI is InChI=1S/C15H19NO4/c1-3-6-18-14-5-4-12(9-17)15(8-14)19-10-13-7-11(2)20-16-13/h4-5,7-8,17H,3,6,9-10H2,1-2H3. The summed E-state index contributed by atoms with van der Waals surface area (Å²) in [7, 11) is 0. The number of aliphatic hydroxyl groups is 1. The first kappa shape index (κ1) is 14.4. The van der Waals surface area contributed by atoms with Crippen molar-refractivity contribution in [1.29, 1.82) is 0 Å². The average molecular weight is 277 g/mol. The van der Waals surface area contributed by atoms with E-state index in [4.69, 9.17) is 14.0 Å². The Morgan fingerprint density at radius 1 is 1.25 bits per heavy atom. The Bertz CT molecular complexity index is 551. The van der Waals surface area contributed by atoms with Gasteiger partial charge in [-0.15, -0.1) is 0 Å². The SMILES string of the molecule is CCCOc1ccc(CO)c(OCc2cc(C)on2)c1. The van der Waals surface area contributed by atoms with Gasteiger partial charge in [-0.3, -0.25) is 0 Å². The summed E-state index contributed by atoms with van der Waals surface area (Å²) in [6.45, 7) is 4.74. The molecule has 0 atom stereocenters. The number of hydrogen-bond donors (Lipinski definition) is 1. The van der Waals surface area contributed by atoms with Gasteiger partial charge < -0.3 is 19.1 Å². The largest absolute Gasteiger partial charge is 0.493 e. The highest BCUT2D eigenvalue weighted by molar-refractivity contribution is 5.40. The lowest BCUT2D eigenvalue weighted by Crippen LogP contribution is -2.01. The number of aliphatic hydroxyl groups excluding tert-OH is 1. The van der Waals surface area contributed by atoms with Crippen LogP contribution in [0, 0.1) is 6.92 Å². The average Bonchev–Trinajstić information content (AvgIpc) is 2.88. The molecule has 1 heterocycles. The molecule has 0 radical (unpaired) electrons. The highest BCUT2D eigenvalue weighted by Crippen LogP contribution is 2.26. The van der Waals surface area contributed by atoms with Crippen molar-refractivity contribution in [3.05, 3.63) is 41.3 Å². The molecular formula is C15H19NO4. The molecule has 1 aromatic heterocycles.